The molecule has 0 fully saturated rings. The summed E-state index contributed by atoms with van der Waals surface area (Å²) in [5, 5.41) is 16.7. The number of fused-ring (bicyclic) bond motifs is 1. The molecule has 0 unspecified atom stereocenters. The fourth-order valence-corrected chi connectivity index (χ4v) is 3.01. The molecule has 0 atom stereocenters. The summed E-state index contributed by atoms with van der Waals surface area (Å²) >= 11 is 0. The molecule has 0 radical (unpaired) electrons. The van der Waals surface area contributed by atoms with Crippen LogP contribution in [-0.4, -0.2) is 22.4 Å². The molecule has 3 aromatic heterocycles. The zero-order valence-corrected chi connectivity index (χ0v) is 15.6. The van der Waals surface area contributed by atoms with Gasteiger partial charge in [0.05, 0.1) is 11.3 Å². The van der Waals surface area contributed by atoms with Gasteiger partial charge in [-0.05, 0) is 24.6 Å². The van der Waals surface area contributed by atoms with Crippen molar-refractivity contribution in [1.82, 2.24) is 15.5 Å². The van der Waals surface area contributed by atoms with Crippen molar-refractivity contribution in [2.45, 2.75) is 6.92 Å². The first-order chi connectivity index (χ1) is 14.2. The average Bonchev–Trinajstić information content (AvgIpc) is 3.22. The number of nitrogens with one attached hydrogen (secondary N) is 1. The number of pyridine rings is 2. The Balaban J connectivity index is 1.73. The third-order valence-electron chi connectivity index (χ3n) is 4.47. The fourth-order valence-electron chi connectivity index (χ4n) is 3.01. The van der Waals surface area contributed by atoms with Gasteiger partial charge >= 0.3 is 0 Å². The van der Waals surface area contributed by atoms with Crippen molar-refractivity contribution in [3.63, 3.8) is 0 Å². The molecule has 1 N–H and O–H groups in total. The summed E-state index contributed by atoms with van der Waals surface area (Å²) in [5.41, 5.74) is 8.70. The van der Waals surface area contributed by atoms with Crippen molar-refractivity contribution in [3.05, 3.63) is 72.2 Å². The maximum atomic E-state index is 9.14. The lowest BCUT2D eigenvalue weighted by Gasteiger charge is -2.03. The topological polar surface area (TPSA) is 99.5 Å². The van der Waals surface area contributed by atoms with Gasteiger partial charge in [-0.15, -0.1) is 0 Å². The molecule has 1 aromatic carbocycles. The van der Waals surface area contributed by atoms with Gasteiger partial charge < -0.3 is 4.42 Å². The minimum Gasteiger partial charge on any atom is -0.454 e. The van der Waals surface area contributed by atoms with E-state index in [1.165, 1.54) is 6.20 Å². The summed E-state index contributed by atoms with van der Waals surface area (Å²) in [6, 6.07) is 15.5. The second-order valence-electron chi connectivity index (χ2n) is 6.29. The van der Waals surface area contributed by atoms with Crippen LogP contribution in [0.5, 0.6) is 0 Å². The Morgan fingerprint density at radius 1 is 1.14 bits per heavy atom. The van der Waals surface area contributed by atoms with E-state index in [-0.39, 0.29) is 0 Å². The molecule has 3 heterocycles. The van der Waals surface area contributed by atoms with E-state index in [0.29, 0.717) is 16.9 Å². The van der Waals surface area contributed by atoms with Crippen molar-refractivity contribution in [2.75, 3.05) is 0 Å². The van der Waals surface area contributed by atoms with Crippen LogP contribution in [0.4, 0.5) is 0 Å². The highest BCUT2D eigenvalue weighted by Crippen LogP contribution is 2.33. The van der Waals surface area contributed by atoms with E-state index in [1.54, 1.807) is 18.5 Å². The van der Waals surface area contributed by atoms with Crippen LogP contribution in [0.25, 0.3) is 33.6 Å². The molecule has 4 aromatic rings. The Morgan fingerprint density at radius 3 is 2.72 bits per heavy atom. The Kier molecular flexibility index (Phi) is 4.82. The Bertz CT molecular complexity index is 1260. The summed E-state index contributed by atoms with van der Waals surface area (Å²) in [6.45, 7) is 5.22. The molecule has 0 amide bonds. The van der Waals surface area contributed by atoms with Crippen molar-refractivity contribution < 1.29 is 4.42 Å². The maximum Gasteiger partial charge on any atom is 0.161 e. The first-order valence-electron chi connectivity index (χ1n) is 8.79. The Morgan fingerprint density at radius 2 is 1.97 bits per heavy atom. The summed E-state index contributed by atoms with van der Waals surface area (Å²) < 4.78 is 6.14. The van der Waals surface area contributed by atoms with Crippen LogP contribution in [0.15, 0.2) is 75.7 Å². The molecule has 0 aliphatic rings. The molecule has 7 heteroatoms. The highest BCUT2D eigenvalue weighted by Gasteiger charge is 2.13. The highest BCUT2D eigenvalue weighted by molar-refractivity contribution is 5.99. The molecule has 0 aliphatic heterocycles. The van der Waals surface area contributed by atoms with Crippen LogP contribution in [-0.2, 0) is 0 Å². The number of hydrazone groups is 2. The van der Waals surface area contributed by atoms with Gasteiger partial charge in [-0.3, -0.25) is 9.97 Å². The second-order valence-corrected chi connectivity index (χ2v) is 6.29. The van der Waals surface area contributed by atoms with Crippen LogP contribution in [0.1, 0.15) is 18.1 Å². The van der Waals surface area contributed by atoms with Gasteiger partial charge in [0.15, 0.2) is 5.58 Å². The standard InChI is InChI=1S/C22H16N6O/c1-14(27-28-24-2)16-3-5-17(6-4-16)21-10-20-22(29-21)19(7-8-26-20)18-9-15(11-23)12-25-13-18/h3-10,12-13,28H,2H2,1H3/b27-14+. The molecule has 0 bridgehead atoms. The first kappa shape index (κ1) is 18.1. The fraction of sp³-hybridized carbons (Fsp3) is 0.0455. The number of furan rings is 1. The van der Waals surface area contributed by atoms with Crippen molar-refractivity contribution in [2.24, 2.45) is 10.2 Å². The number of rotatable bonds is 5. The van der Waals surface area contributed by atoms with Crippen LogP contribution in [0.3, 0.4) is 0 Å². The third-order valence-corrected chi connectivity index (χ3v) is 4.47. The van der Waals surface area contributed by atoms with Crippen LogP contribution < -0.4 is 5.53 Å². The van der Waals surface area contributed by atoms with Gasteiger partial charge in [-0.2, -0.15) is 21.0 Å². The van der Waals surface area contributed by atoms with Gasteiger partial charge in [0.25, 0.3) is 0 Å². The number of nitriles is 1. The average molecular weight is 380 g/mol. The van der Waals surface area contributed by atoms with E-state index in [0.717, 1.165) is 33.5 Å². The van der Waals surface area contributed by atoms with Crippen LogP contribution >= 0.6 is 0 Å². The van der Waals surface area contributed by atoms with E-state index in [2.05, 4.69) is 38.5 Å². The summed E-state index contributed by atoms with van der Waals surface area (Å²) in [6.07, 6.45) is 4.96. The number of hydrogen-bond donors (Lipinski definition) is 1. The number of hydrogen-bond acceptors (Lipinski definition) is 7. The Hall–Kier alpha value is -4.31. The predicted octanol–water partition coefficient (Wildman–Crippen LogP) is 4.36. The number of benzene rings is 1. The second kappa shape index (κ2) is 7.74. The van der Waals surface area contributed by atoms with Crippen molar-refractivity contribution in [3.8, 4) is 28.5 Å². The van der Waals surface area contributed by atoms with E-state index in [4.69, 9.17) is 9.68 Å². The summed E-state index contributed by atoms with van der Waals surface area (Å²) in [7, 11) is 0. The SMILES string of the molecule is C=NN/N=C(\C)c1ccc(-c2cc3nccc(-c4cncc(C#N)c4)c3o2)cc1. The zero-order chi connectivity index (χ0) is 20.2. The van der Waals surface area contributed by atoms with Crippen molar-refractivity contribution in [1.29, 1.82) is 5.26 Å². The monoisotopic (exact) mass is 380 g/mol. The van der Waals surface area contributed by atoms with E-state index in [1.807, 2.05) is 43.3 Å². The molecule has 7 nitrogen and oxygen atoms in total. The molecule has 29 heavy (non-hydrogen) atoms. The summed E-state index contributed by atoms with van der Waals surface area (Å²) in [4.78, 5) is 8.55. The highest BCUT2D eigenvalue weighted by atomic mass is 16.3. The van der Waals surface area contributed by atoms with Crippen LogP contribution in [0, 0.1) is 11.3 Å². The maximum absolute atomic E-state index is 9.14. The normalized spacial score (nSPS) is 11.2. The molecule has 4 rings (SSSR count). The quantitative estimate of drug-likeness (QED) is 0.410. The van der Waals surface area contributed by atoms with Gasteiger partial charge in [0.2, 0.25) is 0 Å². The van der Waals surface area contributed by atoms with Crippen LogP contribution in [0.2, 0.25) is 0 Å². The first-order valence-corrected chi connectivity index (χ1v) is 8.79. The molecule has 140 valence electrons. The van der Waals surface area contributed by atoms with E-state index < -0.39 is 0 Å². The Labute approximate surface area is 167 Å². The van der Waals surface area contributed by atoms with Gasteiger partial charge in [0, 0.05) is 48.1 Å². The lowest BCUT2D eigenvalue weighted by molar-refractivity contribution is 0.632. The number of aromatic nitrogens is 2. The molecule has 0 spiro atoms. The molecular weight excluding hydrogens is 364 g/mol. The minimum absolute atomic E-state index is 0.494. The summed E-state index contributed by atoms with van der Waals surface area (Å²) in [5.74, 6) is 0.705. The van der Waals surface area contributed by atoms with E-state index in [9.17, 15) is 0 Å². The van der Waals surface area contributed by atoms with Crippen molar-refractivity contribution >= 4 is 23.5 Å². The molecule has 0 saturated heterocycles. The van der Waals surface area contributed by atoms with Gasteiger partial charge in [-0.25, -0.2) is 0 Å². The minimum atomic E-state index is 0.494. The zero-order valence-electron chi connectivity index (χ0n) is 15.6. The lowest BCUT2D eigenvalue weighted by atomic mass is 10.1. The lowest BCUT2D eigenvalue weighted by Crippen LogP contribution is -2.02. The largest absolute Gasteiger partial charge is 0.454 e. The van der Waals surface area contributed by atoms with Gasteiger partial charge in [-0.1, -0.05) is 24.3 Å². The molecule has 0 saturated carbocycles. The van der Waals surface area contributed by atoms with Gasteiger partial charge in [0.1, 0.15) is 17.3 Å². The van der Waals surface area contributed by atoms with E-state index >= 15 is 0 Å². The predicted molar refractivity (Wildman–Crippen MR) is 112 cm³/mol. The molecule has 0 aliphatic carbocycles. The smallest absolute Gasteiger partial charge is 0.161 e. The number of nitrogens with zero attached hydrogens (tertiary/aromatic N) is 5. The molecular formula is C22H16N6O. The third kappa shape index (κ3) is 3.59.